The van der Waals surface area contributed by atoms with Crippen molar-refractivity contribution >= 4 is 17.3 Å². The lowest BCUT2D eigenvalue weighted by Crippen LogP contribution is -2.42. The predicted octanol–water partition coefficient (Wildman–Crippen LogP) is 3.04. The highest BCUT2D eigenvalue weighted by Gasteiger charge is 2.41. The van der Waals surface area contributed by atoms with Crippen LogP contribution in [0.3, 0.4) is 0 Å². The number of hydrogen-bond acceptors (Lipinski definition) is 2. The summed E-state index contributed by atoms with van der Waals surface area (Å²) >= 11 is 6.29. The summed E-state index contributed by atoms with van der Waals surface area (Å²) in [6.45, 7) is 5.53. The van der Waals surface area contributed by atoms with E-state index >= 15 is 0 Å². The molecule has 0 amide bonds. The summed E-state index contributed by atoms with van der Waals surface area (Å²) in [6, 6.07) is 4.39. The lowest BCUT2D eigenvalue weighted by molar-refractivity contribution is 0.200. The highest BCUT2D eigenvalue weighted by atomic mass is 35.5. The fourth-order valence-electron chi connectivity index (χ4n) is 3.12. The second-order valence-electron chi connectivity index (χ2n) is 5.58. The number of fused-ring (bicyclic) bond motifs is 2. The quantitative estimate of drug-likeness (QED) is 0.762. The van der Waals surface area contributed by atoms with E-state index in [1.165, 1.54) is 42.7 Å². The smallest absolute Gasteiger partial charge is 0.0439 e. The number of aryl methyl sites for hydroxylation is 1. The molecule has 2 aliphatic heterocycles. The largest absolute Gasteiger partial charge is 0.384 e. The average molecular weight is 251 g/mol. The number of likely N-dealkylation sites (tertiary alicyclic amines) is 1. The van der Waals surface area contributed by atoms with E-state index in [9.17, 15) is 0 Å². The van der Waals surface area contributed by atoms with Crippen molar-refractivity contribution in [1.29, 1.82) is 0 Å². The Morgan fingerprint density at radius 3 is 2.71 bits per heavy atom. The highest BCUT2D eigenvalue weighted by molar-refractivity contribution is 6.31. The number of nitrogens with one attached hydrogen (secondary N) is 1. The van der Waals surface area contributed by atoms with Crippen molar-refractivity contribution in [3.8, 4) is 0 Å². The molecule has 0 saturated carbocycles. The SMILES string of the molecule is Cc1cc2c(cc1Cl)C1(CCN(C)CC1)CN2. The third-order valence-corrected chi connectivity index (χ3v) is 4.84. The van der Waals surface area contributed by atoms with Gasteiger partial charge >= 0.3 is 0 Å². The van der Waals surface area contributed by atoms with Gasteiger partial charge in [-0.1, -0.05) is 11.6 Å². The summed E-state index contributed by atoms with van der Waals surface area (Å²) in [6.07, 6.45) is 2.48. The van der Waals surface area contributed by atoms with Crippen LogP contribution < -0.4 is 5.32 Å². The summed E-state index contributed by atoms with van der Waals surface area (Å²) in [5, 5.41) is 4.47. The molecular formula is C14H19ClN2. The maximum Gasteiger partial charge on any atom is 0.0439 e. The molecular weight excluding hydrogens is 232 g/mol. The molecule has 0 radical (unpaired) electrons. The molecule has 92 valence electrons. The van der Waals surface area contributed by atoms with E-state index in [-0.39, 0.29) is 0 Å². The second-order valence-corrected chi connectivity index (χ2v) is 5.99. The third kappa shape index (κ3) is 1.74. The Morgan fingerprint density at radius 2 is 2.00 bits per heavy atom. The lowest BCUT2D eigenvalue weighted by atomic mass is 9.74. The van der Waals surface area contributed by atoms with Crippen molar-refractivity contribution in [2.45, 2.75) is 25.2 Å². The fraction of sp³-hybridized carbons (Fsp3) is 0.571. The zero-order chi connectivity index (χ0) is 12.0. The van der Waals surface area contributed by atoms with Gasteiger partial charge in [0.15, 0.2) is 0 Å². The molecule has 1 spiro atoms. The van der Waals surface area contributed by atoms with Gasteiger partial charge in [0, 0.05) is 22.7 Å². The van der Waals surface area contributed by atoms with Crippen LogP contribution >= 0.6 is 11.6 Å². The minimum absolute atomic E-state index is 0.333. The van der Waals surface area contributed by atoms with Gasteiger partial charge in [-0.2, -0.15) is 0 Å². The van der Waals surface area contributed by atoms with Gasteiger partial charge in [0.05, 0.1) is 0 Å². The Kier molecular flexibility index (Phi) is 2.60. The molecule has 1 N–H and O–H groups in total. The molecule has 1 aromatic rings. The van der Waals surface area contributed by atoms with E-state index in [0.29, 0.717) is 5.41 Å². The third-order valence-electron chi connectivity index (χ3n) is 4.43. The van der Waals surface area contributed by atoms with Crippen LogP contribution in [0, 0.1) is 6.92 Å². The van der Waals surface area contributed by atoms with E-state index in [1.807, 2.05) is 0 Å². The molecule has 0 bridgehead atoms. The monoisotopic (exact) mass is 250 g/mol. The van der Waals surface area contributed by atoms with E-state index in [2.05, 4.69) is 36.3 Å². The van der Waals surface area contributed by atoms with E-state index < -0.39 is 0 Å². The van der Waals surface area contributed by atoms with Gasteiger partial charge in [-0.25, -0.2) is 0 Å². The van der Waals surface area contributed by atoms with Crippen molar-refractivity contribution in [3.63, 3.8) is 0 Å². The van der Waals surface area contributed by atoms with Crippen LogP contribution in [-0.2, 0) is 5.41 Å². The normalized spacial score (nSPS) is 22.5. The van der Waals surface area contributed by atoms with E-state index in [0.717, 1.165) is 11.6 Å². The molecule has 1 saturated heterocycles. The van der Waals surface area contributed by atoms with Gasteiger partial charge in [-0.3, -0.25) is 0 Å². The van der Waals surface area contributed by atoms with Gasteiger partial charge in [0.25, 0.3) is 0 Å². The average Bonchev–Trinajstić information content (AvgIpc) is 2.64. The van der Waals surface area contributed by atoms with Gasteiger partial charge in [0.1, 0.15) is 0 Å². The summed E-state index contributed by atoms with van der Waals surface area (Å²) in [7, 11) is 2.21. The van der Waals surface area contributed by atoms with E-state index in [1.54, 1.807) is 0 Å². The van der Waals surface area contributed by atoms with Gasteiger partial charge < -0.3 is 10.2 Å². The number of rotatable bonds is 0. The molecule has 1 aromatic carbocycles. The minimum atomic E-state index is 0.333. The van der Waals surface area contributed by atoms with Gasteiger partial charge in [0.2, 0.25) is 0 Å². The van der Waals surface area contributed by atoms with Crippen LogP contribution in [0.1, 0.15) is 24.0 Å². The molecule has 0 aliphatic carbocycles. The summed E-state index contributed by atoms with van der Waals surface area (Å²) in [5.74, 6) is 0. The second kappa shape index (κ2) is 3.89. The molecule has 1 fully saturated rings. The minimum Gasteiger partial charge on any atom is -0.384 e. The topological polar surface area (TPSA) is 15.3 Å². The summed E-state index contributed by atoms with van der Waals surface area (Å²) < 4.78 is 0. The summed E-state index contributed by atoms with van der Waals surface area (Å²) in [4.78, 5) is 2.42. The van der Waals surface area contributed by atoms with Crippen molar-refractivity contribution in [2.75, 3.05) is 32.0 Å². The Balaban J connectivity index is 2.00. The zero-order valence-electron chi connectivity index (χ0n) is 10.5. The molecule has 3 heteroatoms. The Morgan fingerprint density at radius 1 is 1.29 bits per heavy atom. The molecule has 3 rings (SSSR count). The van der Waals surface area contributed by atoms with Crippen LogP contribution in [0.2, 0.25) is 5.02 Å². The van der Waals surface area contributed by atoms with Crippen LogP contribution in [0.5, 0.6) is 0 Å². The molecule has 2 heterocycles. The van der Waals surface area contributed by atoms with Crippen LogP contribution in [-0.4, -0.2) is 31.6 Å². The first-order chi connectivity index (χ1) is 8.11. The molecule has 0 unspecified atom stereocenters. The van der Waals surface area contributed by atoms with Crippen molar-refractivity contribution in [1.82, 2.24) is 4.90 Å². The number of anilines is 1. The molecule has 0 atom stereocenters. The zero-order valence-corrected chi connectivity index (χ0v) is 11.3. The van der Waals surface area contributed by atoms with Crippen LogP contribution in [0.15, 0.2) is 12.1 Å². The Bertz CT molecular complexity index is 448. The standard InChI is InChI=1S/C14H19ClN2/c1-10-7-13-11(8-12(10)15)14(9-16-13)3-5-17(2)6-4-14/h7-8,16H,3-6,9H2,1-2H3. The maximum absolute atomic E-state index is 6.29. The highest BCUT2D eigenvalue weighted by Crippen LogP contribution is 2.45. The van der Waals surface area contributed by atoms with E-state index in [4.69, 9.17) is 11.6 Å². The number of benzene rings is 1. The number of hydrogen-bond donors (Lipinski definition) is 1. The molecule has 17 heavy (non-hydrogen) atoms. The number of nitrogens with zero attached hydrogens (tertiary/aromatic N) is 1. The molecule has 2 aliphatic rings. The molecule has 0 aromatic heterocycles. The van der Waals surface area contributed by atoms with Crippen molar-refractivity contribution < 1.29 is 0 Å². The van der Waals surface area contributed by atoms with Crippen LogP contribution in [0.4, 0.5) is 5.69 Å². The van der Waals surface area contributed by atoms with Gasteiger partial charge in [-0.05, 0) is 63.2 Å². The van der Waals surface area contributed by atoms with Crippen LogP contribution in [0.25, 0.3) is 0 Å². The number of halogens is 1. The Hall–Kier alpha value is -0.730. The van der Waals surface area contributed by atoms with Crippen molar-refractivity contribution in [2.24, 2.45) is 0 Å². The first-order valence-corrected chi connectivity index (χ1v) is 6.72. The fourth-order valence-corrected chi connectivity index (χ4v) is 3.28. The maximum atomic E-state index is 6.29. The number of piperidine rings is 1. The van der Waals surface area contributed by atoms with Gasteiger partial charge in [-0.15, -0.1) is 0 Å². The first-order valence-electron chi connectivity index (χ1n) is 6.34. The van der Waals surface area contributed by atoms with Crippen molar-refractivity contribution in [3.05, 3.63) is 28.3 Å². The summed E-state index contributed by atoms with van der Waals surface area (Å²) in [5.41, 5.74) is 4.25. The lowest BCUT2D eigenvalue weighted by Gasteiger charge is -2.37. The predicted molar refractivity (Wildman–Crippen MR) is 73.1 cm³/mol. The molecule has 2 nitrogen and oxygen atoms in total. The first kappa shape index (κ1) is 11.4. The Labute approximate surface area is 108 Å².